The number of hydrogen-bond acceptors (Lipinski definition) is 6. The Hall–Kier alpha value is -2.45. The van der Waals surface area contributed by atoms with Crippen molar-refractivity contribution in [2.45, 2.75) is 219 Å². The molecule has 0 saturated heterocycles. The zero-order valence-electron chi connectivity index (χ0n) is 37.8. The monoisotopic (exact) mass is 805 g/mol. The normalized spacial score (nSPS) is 13.2. The number of carboxylic acids is 1. The van der Waals surface area contributed by atoms with E-state index in [1.54, 1.807) is 0 Å². The molecular weight excluding hydrogens is 715 g/mol. The molecule has 1 N–H and O–H groups in total. The van der Waals surface area contributed by atoms with Gasteiger partial charge in [0.1, 0.15) is 6.61 Å². The summed E-state index contributed by atoms with van der Waals surface area (Å²) in [4.78, 5) is 37.0. The first kappa shape index (κ1) is 54.6. The summed E-state index contributed by atoms with van der Waals surface area (Å²) in [5.41, 5.74) is 0. The van der Waals surface area contributed by atoms with E-state index in [0.717, 1.165) is 77.0 Å². The van der Waals surface area contributed by atoms with Gasteiger partial charge >= 0.3 is 17.9 Å². The van der Waals surface area contributed by atoms with E-state index in [-0.39, 0.29) is 36.2 Å². The van der Waals surface area contributed by atoms with Crippen molar-refractivity contribution in [3.05, 3.63) is 36.5 Å². The lowest BCUT2D eigenvalue weighted by Crippen LogP contribution is -2.50. The van der Waals surface area contributed by atoms with Gasteiger partial charge in [0.2, 0.25) is 0 Å². The van der Waals surface area contributed by atoms with Gasteiger partial charge in [-0.3, -0.25) is 9.59 Å². The van der Waals surface area contributed by atoms with E-state index in [2.05, 4.69) is 50.3 Å². The Morgan fingerprint density at radius 3 is 1.46 bits per heavy atom. The Bertz CT molecular complexity index is 1030. The first-order valence-corrected chi connectivity index (χ1v) is 23.5. The van der Waals surface area contributed by atoms with Crippen LogP contribution >= 0.6 is 0 Å². The minimum absolute atomic E-state index is 0.0550. The molecule has 0 spiro atoms. The van der Waals surface area contributed by atoms with Gasteiger partial charge in [-0.15, -0.1) is 0 Å². The van der Waals surface area contributed by atoms with Gasteiger partial charge in [-0.05, 0) is 44.9 Å². The highest BCUT2D eigenvalue weighted by Gasteiger charge is 2.31. The van der Waals surface area contributed by atoms with Crippen LogP contribution in [-0.4, -0.2) is 80.6 Å². The lowest BCUT2D eigenvalue weighted by Gasteiger charge is -2.31. The molecule has 2 atom stereocenters. The van der Waals surface area contributed by atoms with Gasteiger partial charge in [0, 0.05) is 19.3 Å². The van der Waals surface area contributed by atoms with E-state index in [0.29, 0.717) is 19.3 Å². The number of aliphatic carboxylic acids is 1. The van der Waals surface area contributed by atoms with Gasteiger partial charge in [0.15, 0.2) is 12.1 Å². The van der Waals surface area contributed by atoms with E-state index >= 15 is 0 Å². The molecule has 0 aliphatic carbocycles. The molecule has 0 rings (SSSR count). The summed E-state index contributed by atoms with van der Waals surface area (Å²) in [5, 5.41) is 9.63. The number of carbonyl (C=O) groups excluding carboxylic acids is 2. The number of quaternary nitrogens is 1. The van der Waals surface area contributed by atoms with Crippen LogP contribution in [0.15, 0.2) is 36.5 Å². The number of likely N-dealkylation sites (N-methyl/N-ethyl adjacent to an activating group) is 1. The van der Waals surface area contributed by atoms with Gasteiger partial charge in [0.25, 0.3) is 0 Å². The number of nitrogens with zero attached hydrogens (tertiary/aromatic N) is 1. The fourth-order valence-electron chi connectivity index (χ4n) is 6.93. The van der Waals surface area contributed by atoms with Crippen LogP contribution in [0.3, 0.4) is 0 Å². The van der Waals surface area contributed by atoms with Crippen LogP contribution in [0, 0.1) is 0 Å². The number of unbranched alkanes of at least 4 members (excludes halogenated alkanes) is 22. The Balaban J connectivity index is 4.29. The minimum Gasteiger partial charge on any atom is -0.477 e. The molecule has 0 aliphatic rings. The highest BCUT2D eigenvalue weighted by atomic mass is 16.6. The predicted octanol–water partition coefficient (Wildman–Crippen LogP) is 13.0. The van der Waals surface area contributed by atoms with E-state index in [9.17, 15) is 19.5 Å². The van der Waals surface area contributed by atoms with Crippen molar-refractivity contribution >= 4 is 17.9 Å². The van der Waals surface area contributed by atoms with Crippen molar-refractivity contribution in [2.24, 2.45) is 0 Å². The summed E-state index contributed by atoms with van der Waals surface area (Å²) in [6.45, 7) is 4.63. The lowest BCUT2D eigenvalue weighted by atomic mass is 10.0. The molecule has 0 aromatic carbocycles. The highest BCUT2D eigenvalue weighted by Crippen LogP contribution is 2.16. The van der Waals surface area contributed by atoms with Crippen molar-refractivity contribution in [3.63, 3.8) is 0 Å². The maximum Gasteiger partial charge on any atom is 0.362 e. The van der Waals surface area contributed by atoms with Crippen LogP contribution in [-0.2, 0) is 28.6 Å². The lowest BCUT2D eigenvalue weighted by molar-refractivity contribution is -0.887. The number of allylic oxidation sites excluding steroid dienone is 6. The Morgan fingerprint density at radius 2 is 0.982 bits per heavy atom. The maximum absolute atomic E-state index is 12.7. The molecule has 0 bridgehead atoms. The van der Waals surface area contributed by atoms with Crippen LogP contribution in [0.25, 0.3) is 0 Å². The largest absolute Gasteiger partial charge is 0.477 e. The standard InChI is InChI=1S/C49H89NO7/c1-6-8-10-12-14-16-18-20-22-23-24-26-27-29-31-33-35-37-39-47(51)56-44-45(43-55-42-41-46(49(53)54)50(3,4)5)57-48(52)40-38-36-34-32-30-28-25-21-19-17-15-13-11-9-7-2/h9,11,15,17,21,25,45-46H,6-8,10,12-14,16,18-20,22-24,26-44H2,1-5H3/p+1/b11-9-,17-15-,25-21-. The smallest absolute Gasteiger partial charge is 0.362 e. The average molecular weight is 805 g/mol. The zero-order valence-corrected chi connectivity index (χ0v) is 37.8. The Kier molecular flexibility index (Phi) is 38.6. The number of esters is 2. The third kappa shape index (κ3) is 38.8. The van der Waals surface area contributed by atoms with Gasteiger partial charge in [-0.1, -0.05) is 179 Å². The molecule has 0 fully saturated rings. The van der Waals surface area contributed by atoms with Gasteiger partial charge in [0.05, 0.1) is 34.4 Å². The SMILES string of the molecule is CC/C=C\C/C=C\C/C=C\CCCCCCCC(=O)OC(COCCC(C(=O)O)[N+](C)(C)C)COC(=O)CCCCCCCCCCCCCCCCCCCC. The molecule has 0 radical (unpaired) electrons. The van der Waals surface area contributed by atoms with Crippen molar-refractivity contribution < 1.29 is 38.2 Å². The molecule has 0 aromatic heterocycles. The van der Waals surface area contributed by atoms with E-state index in [4.69, 9.17) is 14.2 Å². The van der Waals surface area contributed by atoms with Gasteiger partial charge < -0.3 is 23.8 Å². The summed E-state index contributed by atoms with van der Waals surface area (Å²) in [5.74, 6) is -1.48. The topological polar surface area (TPSA) is 99.1 Å². The molecule has 8 nitrogen and oxygen atoms in total. The average Bonchev–Trinajstić information content (AvgIpc) is 3.17. The minimum atomic E-state index is -0.877. The van der Waals surface area contributed by atoms with Crippen LogP contribution < -0.4 is 0 Å². The van der Waals surface area contributed by atoms with Crippen molar-refractivity contribution in [2.75, 3.05) is 41.0 Å². The Morgan fingerprint density at radius 1 is 0.544 bits per heavy atom. The van der Waals surface area contributed by atoms with Gasteiger partial charge in [-0.2, -0.15) is 0 Å². The quantitative estimate of drug-likeness (QED) is 0.0284. The number of carboxylic acid groups (broad SMARTS) is 1. The first-order chi connectivity index (χ1) is 27.6. The fourth-order valence-corrected chi connectivity index (χ4v) is 6.93. The summed E-state index contributed by atoms with van der Waals surface area (Å²) in [6.07, 6.45) is 46.2. The third-order valence-electron chi connectivity index (χ3n) is 10.6. The fraction of sp³-hybridized carbons (Fsp3) is 0.816. The predicted molar refractivity (Wildman–Crippen MR) is 238 cm³/mol. The second-order valence-electron chi connectivity index (χ2n) is 17.0. The molecule has 0 aromatic rings. The molecule has 0 heterocycles. The van der Waals surface area contributed by atoms with E-state index in [1.165, 1.54) is 96.3 Å². The molecule has 0 amide bonds. The molecule has 0 saturated carbocycles. The van der Waals surface area contributed by atoms with Crippen molar-refractivity contribution in [1.29, 1.82) is 0 Å². The number of rotatable bonds is 42. The molecular formula is C49H90NO7+. The molecule has 57 heavy (non-hydrogen) atoms. The van der Waals surface area contributed by atoms with Crippen LogP contribution in [0.5, 0.6) is 0 Å². The highest BCUT2D eigenvalue weighted by molar-refractivity contribution is 5.72. The van der Waals surface area contributed by atoms with Crippen molar-refractivity contribution in [1.82, 2.24) is 0 Å². The molecule has 332 valence electrons. The van der Waals surface area contributed by atoms with Crippen molar-refractivity contribution in [3.8, 4) is 0 Å². The van der Waals surface area contributed by atoms with Crippen LogP contribution in [0.4, 0.5) is 0 Å². The number of ether oxygens (including phenoxy) is 3. The molecule has 2 unspecified atom stereocenters. The van der Waals surface area contributed by atoms with E-state index in [1.807, 2.05) is 21.1 Å². The van der Waals surface area contributed by atoms with E-state index < -0.39 is 18.1 Å². The summed E-state index contributed by atoms with van der Waals surface area (Å²) >= 11 is 0. The summed E-state index contributed by atoms with van der Waals surface area (Å²) < 4.78 is 17.3. The summed E-state index contributed by atoms with van der Waals surface area (Å²) in [7, 11) is 5.53. The Labute approximate surface area is 351 Å². The third-order valence-corrected chi connectivity index (χ3v) is 10.6. The van der Waals surface area contributed by atoms with Gasteiger partial charge in [-0.25, -0.2) is 4.79 Å². The second-order valence-corrected chi connectivity index (χ2v) is 17.0. The first-order valence-electron chi connectivity index (χ1n) is 23.5. The molecule has 8 heteroatoms. The second kappa shape index (κ2) is 40.3. The molecule has 0 aliphatic heterocycles. The van der Waals surface area contributed by atoms with Crippen LogP contribution in [0.1, 0.15) is 206 Å². The number of hydrogen-bond donors (Lipinski definition) is 1. The maximum atomic E-state index is 12.7. The zero-order chi connectivity index (χ0) is 42.1. The number of carbonyl (C=O) groups is 3. The van der Waals surface area contributed by atoms with Crippen LogP contribution in [0.2, 0.25) is 0 Å². The summed E-state index contributed by atoms with van der Waals surface area (Å²) in [6, 6.07) is -0.616.